The molecule has 3 unspecified atom stereocenters. The summed E-state index contributed by atoms with van der Waals surface area (Å²) in [7, 11) is 0. The molecule has 2 heterocycles. The van der Waals surface area contributed by atoms with Gasteiger partial charge >= 0.3 is 12.2 Å². The molecule has 3 rings (SSSR count). The van der Waals surface area contributed by atoms with Gasteiger partial charge in [-0.2, -0.15) is 13.2 Å². The number of hydrogen-bond donors (Lipinski definition) is 3. The molecule has 3 atom stereocenters. The zero-order valence-electron chi connectivity index (χ0n) is 13.5. The fourth-order valence-corrected chi connectivity index (χ4v) is 3.25. The van der Waals surface area contributed by atoms with E-state index in [0.29, 0.717) is 4.47 Å². The quantitative estimate of drug-likeness (QED) is 0.636. The van der Waals surface area contributed by atoms with Gasteiger partial charge in [0.2, 0.25) is 5.72 Å². The van der Waals surface area contributed by atoms with Gasteiger partial charge in [0, 0.05) is 22.4 Å². The number of carbonyl (C=O) groups is 2. The molecule has 3 N–H and O–H groups in total. The number of halogens is 4. The minimum atomic E-state index is -5.29. The van der Waals surface area contributed by atoms with Crippen LogP contribution in [0.1, 0.15) is 22.0 Å². The van der Waals surface area contributed by atoms with E-state index in [-0.39, 0.29) is 11.1 Å². The van der Waals surface area contributed by atoms with E-state index in [9.17, 15) is 27.9 Å². The van der Waals surface area contributed by atoms with Gasteiger partial charge in [-0.3, -0.25) is 9.78 Å². The van der Waals surface area contributed by atoms with E-state index in [0.717, 1.165) is 0 Å². The summed E-state index contributed by atoms with van der Waals surface area (Å²) in [5, 5.41) is 14.2. The summed E-state index contributed by atoms with van der Waals surface area (Å²) >= 11 is 3.18. The van der Waals surface area contributed by atoms with Crippen molar-refractivity contribution in [3.8, 4) is 0 Å². The first kappa shape index (κ1) is 19.3. The molecule has 142 valence electrons. The first-order valence-electron chi connectivity index (χ1n) is 7.71. The van der Waals surface area contributed by atoms with E-state index < -0.39 is 35.7 Å². The van der Waals surface area contributed by atoms with Crippen LogP contribution in [0.3, 0.4) is 0 Å². The average molecular weight is 444 g/mol. The Morgan fingerprint density at radius 1 is 1.15 bits per heavy atom. The Balaban J connectivity index is 2.15. The lowest BCUT2D eigenvalue weighted by Gasteiger charge is -2.45. The van der Waals surface area contributed by atoms with Crippen LogP contribution in [0.5, 0.6) is 0 Å². The summed E-state index contributed by atoms with van der Waals surface area (Å²) < 4.78 is 41.8. The Bertz CT molecular complexity index is 861. The average Bonchev–Trinajstić information content (AvgIpc) is 2.61. The van der Waals surface area contributed by atoms with Crippen molar-refractivity contribution < 1.29 is 27.9 Å². The maximum atomic E-state index is 13.7. The number of rotatable bonds is 3. The van der Waals surface area contributed by atoms with Crippen LogP contribution >= 0.6 is 15.9 Å². The number of ketones is 1. The van der Waals surface area contributed by atoms with E-state index >= 15 is 0 Å². The number of aliphatic hydroxyl groups is 1. The van der Waals surface area contributed by atoms with Crippen LogP contribution in [0, 0.1) is 5.92 Å². The first-order chi connectivity index (χ1) is 12.6. The van der Waals surface area contributed by atoms with Crippen molar-refractivity contribution in [1.82, 2.24) is 15.6 Å². The number of benzene rings is 1. The molecule has 0 spiro atoms. The van der Waals surface area contributed by atoms with Crippen molar-refractivity contribution in [3.63, 3.8) is 0 Å². The van der Waals surface area contributed by atoms with Crippen molar-refractivity contribution in [2.75, 3.05) is 0 Å². The van der Waals surface area contributed by atoms with Gasteiger partial charge in [0.25, 0.3) is 0 Å². The lowest BCUT2D eigenvalue weighted by Crippen LogP contribution is -2.72. The van der Waals surface area contributed by atoms with Crippen LogP contribution in [-0.2, 0) is 0 Å². The number of urea groups is 1. The number of amides is 2. The minimum Gasteiger partial charge on any atom is -0.363 e. The molecule has 2 amide bonds. The molecule has 1 aliphatic rings. The molecule has 1 fully saturated rings. The summed E-state index contributed by atoms with van der Waals surface area (Å²) in [6.45, 7) is 0. The SMILES string of the molecule is O=C1NC(c2ccncc2)C(C(=O)c2ccc(Br)cc2)C(O)(C(F)(F)F)N1. The molecule has 0 saturated carbocycles. The number of pyridine rings is 1. The molecule has 1 aromatic carbocycles. The second-order valence-corrected chi connectivity index (χ2v) is 6.89. The van der Waals surface area contributed by atoms with Crippen LogP contribution in [0.15, 0.2) is 53.3 Å². The van der Waals surface area contributed by atoms with Gasteiger partial charge in [0.15, 0.2) is 5.78 Å². The second kappa shape index (κ2) is 6.93. The largest absolute Gasteiger partial charge is 0.437 e. The van der Waals surface area contributed by atoms with Gasteiger partial charge in [0.1, 0.15) is 5.92 Å². The van der Waals surface area contributed by atoms with Crippen molar-refractivity contribution in [1.29, 1.82) is 0 Å². The molecule has 6 nitrogen and oxygen atoms in total. The predicted octanol–water partition coefficient (Wildman–Crippen LogP) is 2.95. The molecular formula is C17H13BrF3N3O3. The zero-order chi connectivity index (χ0) is 19.8. The first-order valence-corrected chi connectivity index (χ1v) is 8.50. The van der Waals surface area contributed by atoms with Crippen LogP contribution in [0.4, 0.5) is 18.0 Å². The summed E-state index contributed by atoms with van der Waals surface area (Å²) in [5.41, 5.74) is -3.58. The number of alkyl halides is 3. The van der Waals surface area contributed by atoms with E-state index in [1.54, 1.807) is 0 Å². The highest BCUT2D eigenvalue weighted by Crippen LogP contribution is 2.43. The molecule has 2 aromatic rings. The number of hydrogen-bond acceptors (Lipinski definition) is 4. The van der Waals surface area contributed by atoms with Gasteiger partial charge < -0.3 is 15.7 Å². The topological polar surface area (TPSA) is 91.3 Å². The lowest BCUT2D eigenvalue weighted by atomic mass is 9.77. The molecule has 1 aromatic heterocycles. The number of nitrogens with zero attached hydrogens (tertiary/aromatic N) is 1. The normalized spacial score (nSPS) is 25.4. The monoisotopic (exact) mass is 443 g/mol. The highest BCUT2D eigenvalue weighted by atomic mass is 79.9. The minimum absolute atomic E-state index is 0.0390. The molecule has 0 radical (unpaired) electrons. The Hall–Kier alpha value is -2.46. The third-order valence-electron chi connectivity index (χ3n) is 4.28. The smallest absolute Gasteiger partial charge is 0.363 e. The van der Waals surface area contributed by atoms with Crippen molar-refractivity contribution in [2.45, 2.75) is 17.9 Å². The summed E-state index contributed by atoms with van der Waals surface area (Å²) in [6.07, 6.45) is -2.65. The zero-order valence-corrected chi connectivity index (χ0v) is 15.1. The van der Waals surface area contributed by atoms with Gasteiger partial charge in [-0.25, -0.2) is 4.79 Å². The molecular weight excluding hydrogens is 431 g/mol. The highest BCUT2D eigenvalue weighted by Gasteiger charge is 2.66. The molecule has 1 aliphatic heterocycles. The predicted molar refractivity (Wildman–Crippen MR) is 91.6 cm³/mol. The van der Waals surface area contributed by atoms with E-state index in [1.165, 1.54) is 54.1 Å². The fraction of sp³-hybridized carbons (Fsp3) is 0.235. The standard InChI is InChI=1S/C17H13BrF3N3O3/c18-11-3-1-10(2-4-11)14(25)12-13(9-5-7-22-8-6-9)23-15(26)24-16(12,27)17(19,20)21/h1-8,12-13,27H,(H2,23,24,26). The Morgan fingerprint density at radius 3 is 2.30 bits per heavy atom. The number of Topliss-reactive ketones (excluding diaryl/α,β-unsaturated/α-hetero) is 1. The van der Waals surface area contributed by atoms with E-state index in [2.05, 4.69) is 26.2 Å². The Kier molecular flexibility index (Phi) is 4.96. The van der Waals surface area contributed by atoms with Gasteiger partial charge in [0.05, 0.1) is 6.04 Å². The molecule has 0 bridgehead atoms. The highest BCUT2D eigenvalue weighted by molar-refractivity contribution is 9.10. The van der Waals surface area contributed by atoms with Crippen LogP contribution in [0.2, 0.25) is 0 Å². The van der Waals surface area contributed by atoms with Gasteiger partial charge in [-0.05, 0) is 29.8 Å². The van der Waals surface area contributed by atoms with Crippen molar-refractivity contribution in [3.05, 3.63) is 64.4 Å². The fourth-order valence-electron chi connectivity index (χ4n) is 2.98. The van der Waals surface area contributed by atoms with Crippen molar-refractivity contribution >= 4 is 27.7 Å². The molecule has 10 heteroatoms. The third kappa shape index (κ3) is 3.54. The van der Waals surface area contributed by atoms with E-state index in [1.807, 2.05) is 0 Å². The lowest BCUT2D eigenvalue weighted by molar-refractivity contribution is -0.287. The second-order valence-electron chi connectivity index (χ2n) is 5.97. The molecule has 0 aliphatic carbocycles. The molecule has 1 saturated heterocycles. The van der Waals surface area contributed by atoms with Crippen LogP contribution < -0.4 is 10.6 Å². The van der Waals surface area contributed by atoms with Crippen molar-refractivity contribution in [2.24, 2.45) is 5.92 Å². The summed E-state index contributed by atoms with van der Waals surface area (Å²) in [5.74, 6) is -3.03. The third-order valence-corrected chi connectivity index (χ3v) is 4.81. The van der Waals surface area contributed by atoms with E-state index in [4.69, 9.17) is 0 Å². The maximum absolute atomic E-state index is 13.7. The van der Waals surface area contributed by atoms with Gasteiger partial charge in [-0.15, -0.1) is 0 Å². The number of carbonyl (C=O) groups excluding carboxylic acids is 2. The summed E-state index contributed by atoms with van der Waals surface area (Å²) in [6, 6.07) is 5.75. The molecule has 27 heavy (non-hydrogen) atoms. The van der Waals surface area contributed by atoms with Crippen LogP contribution in [0.25, 0.3) is 0 Å². The number of nitrogens with one attached hydrogen (secondary N) is 2. The summed E-state index contributed by atoms with van der Waals surface area (Å²) in [4.78, 5) is 28.6. The Labute approximate surface area is 159 Å². The Morgan fingerprint density at radius 2 is 1.74 bits per heavy atom. The maximum Gasteiger partial charge on any atom is 0.437 e. The van der Waals surface area contributed by atoms with Gasteiger partial charge in [-0.1, -0.05) is 28.1 Å². The number of aromatic nitrogens is 1. The van der Waals surface area contributed by atoms with Crippen LogP contribution in [-0.4, -0.2) is 33.8 Å².